The van der Waals surface area contributed by atoms with Gasteiger partial charge in [0.15, 0.2) is 0 Å². The number of fused-ring (bicyclic) bond motifs is 2. The first kappa shape index (κ1) is 11.5. The van der Waals surface area contributed by atoms with Crippen molar-refractivity contribution in [1.29, 1.82) is 0 Å². The molecule has 0 aromatic carbocycles. The van der Waals surface area contributed by atoms with Gasteiger partial charge in [0.05, 0.1) is 0 Å². The van der Waals surface area contributed by atoms with Gasteiger partial charge in [-0.15, -0.1) is 0 Å². The third-order valence-electron chi connectivity index (χ3n) is 5.65. The van der Waals surface area contributed by atoms with Gasteiger partial charge in [0.2, 0.25) is 5.91 Å². The van der Waals surface area contributed by atoms with Crippen molar-refractivity contribution >= 4 is 5.91 Å². The number of nitrogens with one attached hydrogen (secondary N) is 2. The maximum atomic E-state index is 11.3. The number of hydrogen-bond acceptors (Lipinski definition) is 2. The summed E-state index contributed by atoms with van der Waals surface area (Å²) >= 11 is 0. The lowest BCUT2D eigenvalue weighted by atomic mass is 9.68. The molecule has 2 aliphatic carbocycles. The predicted octanol–water partition coefficient (Wildman–Crippen LogP) is 1.68. The Morgan fingerprint density at radius 3 is 2.65 bits per heavy atom. The van der Waals surface area contributed by atoms with Crippen LogP contribution in [-0.2, 0) is 4.79 Å². The Kier molecular flexibility index (Phi) is 2.35. The van der Waals surface area contributed by atoms with Crippen LogP contribution >= 0.6 is 0 Å². The molecule has 0 aromatic rings. The smallest absolute Gasteiger partial charge is 0.221 e. The molecule has 3 rings (SSSR count). The third kappa shape index (κ3) is 1.62. The molecular formula is C14H24N2O. The molecule has 1 heterocycles. The van der Waals surface area contributed by atoms with Crippen molar-refractivity contribution in [3.05, 3.63) is 0 Å². The van der Waals surface area contributed by atoms with Gasteiger partial charge in [-0.05, 0) is 36.0 Å². The Morgan fingerprint density at radius 2 is 2.12 bits per heavy atom. The Bertz CT molecular complexity index is 347. The number of carbonyl (C=O) groups is 1. The lowest BCUT2D eigenvalue weighted by Crippen LogP contribution is -2.54. The Hall–Kier alpha value is -0.570. The highest BCUT2D eigenvalue weighted by atomic mass is 16.1. The van der Waals surface area contributed by atoms with Crippen LogP contribution in [0.1, 0.15) is 46.5 Å². The largest absolute Gasteiger partial charge is 0.354 e. The maximum absolute atomic E-state index is 11.3. The molecule has 1 aliphatic heterocycles. The van der Waals surface area contributed by atoms with E-state index >= 15 is 0 Å². The fraction of sp³-hybridized carbons (Fsp3) is 0.929. The van der Waals surface area contributed by atoms with Crippen LogP contribution in [0.5, 0.6) is 0 Å². The summed E-state index contributed by atoms with van der Waals surface area (Å²) in [6.07, 6.45) is 4.77. The standard InChI is InChI=1S/C14H24N2O/c1-13(2)9-4-5-14(3,7-9)12(13)16-10-6-11(17)15-8-10/h9-10,12,16H,4-8H2,1-3H3,(H,15,17). The first-order valence-electron chi connectivity index (χ1n) is 6.94. The zero-order chi connectivity index (χ0) is 12.3. The second-order valence-electron chi connectivity index (χ2n) is 7.22. The van der Waals surface area contributed by atoms with E-state index in [9.17, 15) is 4.79 Å². The molecule has 2 N–H and O–H groups in total. The van der Waals surface area contributed by atoms with Crippen molar-refractivity contribution in [2.45, 2.75) is 58.5 Å². The summed E-state index contributed by atoms with van der Waals surface area (Å²) in [4.78, 5) is 11.3. The monoisotopic (exact) mass is 236 g/mol. The van der Waals surface area contributed by atoms with Crippen molar-refractivity contribution in [1.82, 2.24) is 10.6 Å². The van der Waals surface area contributed by atoms with Crippen molar-refractivity contribution < 1.29 is 4.79 Å². The summed E-state index contributed by atoms with van der Waals surface area (Å²) in [6, 6.07) is 0.925. The van der Waals surface area contributed by atoms with Crippen molar-refractivity contribution in [2.24, 2.45) is 16.7 Å². The molecule has 96 valence electrons. The van der Waals surface area contributed by atoms with E-state index in [0.717, 1.165) is 12.5 Å². The Morgan fingerprint density at radius 1 is 1.35 bits per heavy atom. The number of amides is 1. The van der Waals surface area contributed by atoms with E-state index in [4.69, 9.17) is 0 Å². The van der Waals surface area contributed by atoms with Crippen LogP contribution in [0.25, 0.3) is 0 Å². The normalized spacial score (nSPS) is 47.5. The highest BCUT2D eigenvalue weighted by molar-refractivity contribution is 5.78. The van der Waals surface area contributed by atoms with Crippen LogP contribution in [0.4, 0.5) is 0 Å². The molecule has 4 unspecified atom stereocenters. The zero-order valence-electron chi connectivity index (χ0n) is 11.2. The van der Waals surface area contributed by atoms with Crippen LogP contribution in [-0.4, -0.2) is 24.5 Å². The average Bonchev–Trinajstić information content (AvgIpc) is 2.85. The van der Waals surface area contributed by atoms with E-state index in [0.29, 0.717) is 29.3 Å². The minimum Gasteiger partial charge on any atom is -0.354 e. The van der Waals surface area contributed by atoms with E-state index in [1.807, 2.05) is 0 Å². The van der Waals surface area contributed by atoms with Gasteiger partial charge in [0, 0.05) is 25.0 Å². The molecule has 1 saturated heterocycles. The summed E-state index contributed by atoms with van der Waals surface area (Å²) in [5.74, 6) is 1.07. The molecule has 3 heteroatoms. The van der Waals surface area contributed by atoms with Crippen LogP contribution in [0.2, 0.25) is 0 Å². The zero-order valence-corrected chi connectivity index (χ0v) is 11.2. The van der Waals surface area contributed by atoms with E-state index < -0.39 is 0 Å². The topological polar surface area (TPSA) is 41.1 Å². The third-order valence-corrected chi connectivity index (χ3v) is 5.65. The lowest BCUT2D eigenvalue weighted by molar-refractivity contribution is -0.119. The average molecular weight is 236 g/mol. The van der Waals surface area contributed by atoms with Gasteiger partial charge in [-0.1, -0.05) is 20.8 Å². The molecule has 3 nitrogen and oxygen atoms in total. The van der Waals surface area contributed by atoms with Crippen molar-refractivity contribution in [3.8, 4) is 0 Å². The molecular weight excluding hydrogens is 212 g/mol. The van der Waals surface area contributed by atoms with Crippen molar-refractivity contribution in [3.63, 3.8) is 0 Å². The molecule has 2 saturated carbocycles. The lowest BCUT2D eigenvalue weighted by Gasteiger charge is -2.44. The maximum Gasteiger partial charge on any atom is 0.221 e. The van der Waals surface area contributed by atoms with Crippen LogP contribution in [0.3, 0.4) is 0 Å². The first-order chi connectivity index (χ1) is 7.92. The quantitative estimate of drug-likeness (QED) is 0.766. The molecule has 3 aliphatic rings. The molecule has 1 amide bonds. The van der Waals surface area contributed by atoms with Gasteiger partial charge in [-0.25, -0.2) is 0 Å². The molecule has 2 bridgehead atoms. The second kappa shape index (κ2) is 3.47. The van der Waals surface area contributed by atoms with Gasteiger partial charge >= 0.3 is 0 Å². The molecule has 3 fully saturated rings. The summed E-state index contributed by atoms with van der Waals surface area (Å²) in [5.41, 5.74) is 0.846. The van der Waals surface area contributed by atoms with Gasteiger partial charge in [-0.3, -0.25) is 4.79 Å². The van der Waals surface area contributed by atoms with E-state index in [1.165, 1.54) is 19.3 Å². The van der Waals surface area contributed by atoms with E-state index in [1.54, 1.807) is 0 Å². The summed E-state index contributed by atoms with van der Waals surface area (Å²) in [6.45, 7) is 8.06. The van der Waals surface area contributed by atoms with E-state index in [-0.39, 0.29) is 5.91 Å². The fourth-order valence-electron chi connectivity index (χ4n) is 4.68. The van der Waals surface area contributed by atoms with Gasteiger partial charge in [-0.2, -0.15) is 0 Å². The minimum absolute atomic E-state index is 0.202. The molecule has 17 heavy (non-hydrogen) atoms. The summed E-state index contributed by atoms with van der Waals surface area (Å²) in [5, 5.41) is 6.71. The van der Waals surface area contributed by atoms with Gasteiger partial charge in [0.25, 0.3) is 0 Å². The fourth-order valence-corrected chi connectivity index (χ4v) is 4.68. The molecule has 4 atom stereocenters. The van der Waals surface area contributed by atoms with E-state index in [2.05, 4.69) is 31.4 Å². The predicted molar refractivity (Wildman–Crippen MR) is 67.6 cm³/mol. The first-order valence-corrected chi connectivity index (χ1v) is 6.94. The Balaban J connectivity index is 1.76. The summed E-state index contributed by atoms with van der Waals surface area (Å²) < 4.78 is 0. The molecule has 0 aromatic heterocycles. The van der Waals surface area contributed by atoms with Crippen LogP contribution < -0.4 is 10.6 Å². The number of carbonyl (C=O) groups excluding carboxylic acids is 1. The van der Waals surface area contributed by atoms with Crippen LogP contribution in [0.15, 0.2) is 0 Å². The molecule has 0 spiro atoms. The SMILES string of the molecule is CC12CCC(C1)C(C)(C)C2NC1CNC(=O)C1. The van der Waals surface area contributed by atoms with Crippen molar-refractivity contribution in [2.75, 3.05) is 6.54 Å². The molecule has 0 radical (unpaired) electrons. The summed E-state index contributed by atoms with van der Waals surface area (Å²) in [7, 11) is 0. The number of rotatable bonds is 2. The van der Waals surface area contributed by atoms with Gasteiger partial charge in [0.1, 0.15) is 0 Å². The number of hydrogen-bond donors (Lipinski definition) is 2. The highest BCUT2D eigenvalue weighted by Gasteiger charge is 2.59. The second-order valence-corrected chi connectivity index (χ2v) is 7.22. The highest BCUT2D eigenvalue weighted by Crippen LogP contribution is 2.62. The Labute approximate surface area is 104 Å². The van der Waals surface area contributed by atoms with Crippen LogP contribution in [0, 0.1) is 16.7 Å². The minimum atomic E-state index is 0.202. The van der Waals surface area contributed by atoms with Gasteiger partial charge < -0.3 is 10.6 Å².